The molecule has 3 aromatic rings. The van der Waals surface area contributed by atoms with E-state index in [9.17, 15) is 14.9 Å². The molecule has 4 rings (SSSR count). The first-order chi connectivity index (χ1) is 14.7. The molecule has 2 aromatic carbocycles. The molecular weight excluding hydrogens is 503 g/mol. The number of nitrogens with zero attached hydrogens (tertiary/aromatic N) is 2. The Morgan fingerprint density at radius 3 is 2.55 bits per heavy atom. The van der Waals surface area contributed by atoms with Crippen LogP contribution < -0.4 is 4.90 Å². The second-order valence-electron chi connectivity index (χ2n) is 6.24. The van der Waals surface area contributed by atoms with Crippen LogP contribution in [0.5, 0.6) is 0 Å². The summed E-state index contributed by atoms with van der Waals surface area (Å²) in [7, 11) is 0. The summed E-state index contributed by atoms with van der Waals surface area (Å²) in [5.41, 5.74) is 0.689. The van der Waals surface area contributed by atoms with Crippen LogP contribution in [0.4, 0.5) is 11.4 Å². The summed E-state index contributed by atoms with van der Waals surface area (Å²) < 4.78 is 6.07. The van der Waals surface area contributed by atoms with Crippen molar-refractivity contribution in [2.45, 2.75) is 0 Å². The molecule has 1 aliphatic rings. The Morgan fingerprint density at radius 1 is 1.06 bits per heavy atom. The zero-order valence-electron chi connectivity index (χ0n) is 15.2. The number of furan rings is 1. The Balaban J connectivity index is 1.64. The molecule has 0 N–H and O–H groups in total. The van der Waals surface area contributed by atoms with Crippen LogP contribution in [-0.4, -0.2) is 15.2 Å². The molecule has 31 heavy (non-hydrogen) atoms. The molecule has 0 aliphatic carbocycles. The first kappa shape index (κ1) is 21.9. The minimum atomic E-state index is -0.517. The van der Waals surface area contributed by atoms with Crippen LogP contribution in [0.2, 0.25) is 15.1 Å². The van der Waals surface area contributed by atoms with Crippen molar-refractivity contribution in [3.8, 4) is 11.3 Å². The Bertz CT molecular complexity index is 1290. The van der Waals surface area contributed by atoms with E-state index in [-0.39, 0.29) is 11.6 Å². The van der Waals surface area contributed by atoms with E-state index in [2.05, 4.69) is 0 Å². The van der Waals surface area contributed by atoms with E-state index in [0.717, 1.165) is 11.8 Å². The van der Waals surface area contributed by atoms with Crippen LogP contribution in [0.3, 0.4) is 0 Å². The average Bonchev–Trinajstić information content (AvgIpc) is 3.27. The number of thiocarbonyl (C=S) groups is 1. The highest BCUT2D eigenvalue weighted by atomic mass is 35.5. The van der Waals surface area contributed by atoms with Gasteiger partial charge in [0.05, 0.1) is 25.6 Å². The van der Waals surface area contributed by atoms with Gasteiger partial charge in [-0.3, -0.25) is 19.8 Å². The topological polar surface area (TPSA) is 76.6 Å². The lowest BCUT2D eigenvalue weighted by atomic mass is 10.1. The van der Waals surface area contributed by atoms with Crippen molar-refractivity contribution in [1.29, 1.82) is 0 Å². The highest BCUT2D eigenvalue weighted by Gasteiger charge is 2.34. The molecule has 156 valence electrons. The van der Waals surface area contributed by atoms with E-state index < -0.39 is 4.92 Å². The van der Waals surface area contributed by atoms with Crippen molar-refractivity contribution in [3.63, 3.8) is 0 Å². The molecule has 1 aromatic heterocycles. The van der Waals surface area contributed by atoms with Gasteiger partial charge in [-0.15, -0.1) is 0 Å². The standard InChI is InChI=1S/C20H9Cl3N2O4S2/c21-10-1-5-16(15(23)7-10)24-19(26)18(31-20(24)30)9-12-3-6-17(29-12)13-8-11(25(27)28)2-4-14(13)22/h1-9H/b18-9-. The van der Waals surface area contributed by atoms with Gasteiger partial charge in [0.1, 0.15) is 11.5 Å². The van der Waals surface area contributed by atoms with Gasteiger partial charge < -0.3 is 4.42 Å². The molecule has 2 heterocycles. The lowest BCUT2D eigenvalue weighted by molar-refractivity contribution is -0.384. The first-order valence-electron chi connectivity index (χ1n) is 8.52. The summed E-state index contributed by atoms with van der Waals surface area (Å²) in [6.45, 7) is 0. The fourth-order valence-corrected chi connectivity index (χ4v) is 4.83. The highest BCUT2D eigenvalue weighted by Crippen LogP contribution is 2.40. The third kappa shape index (κ3) is 4.35. The molecule has 1 amide bonds. The maximum absolute atomic E-state index is 12.9. The van der Waals surface area contributed by atoms with Gasteiger partial charge in [-0.25, -0.2) is 0 Å². The number of hydrogen-bond donors (Lipinski definition) is 0. The van der Waals surface area contributed by atoms with Crippen molar-refractivity contribution in [2.75, 3.05) is 4.90 Å². The van der Waals surface area contributed by atoms with Crippen molar-refractivity contribution in [1.82, 2.24) is 0 Å². The number of amides is 1. The van der Waals surface area contributed by atoms with E-state index in [1.165, 1.54) is 35.2 Å². The quantitative estimate of drug-likeness (QED) is 0.159. The maximum Gasteiger partial charge on any atom is 0.270 e. The van der Waals surface area contributed by atoms with E-state index in [1.807, 2.05) is 0 Å². The summed E-state index contributed by atoms with van der Waals surface area (Å²) in [5.74, 6) is 0.335. The van der Waals surface area contributed by atoms with Crippen LogP contribution in [0.25, 0.3) is 17.4 Å². The average molecular weight is 512 g/mol. The second-order valence-corrected chi connectivity index (χ2v) is 9.16. The maximum atomic E-state index is 12.9. The van der Waals surface area contributed by atoms with Gasteiger partial charge in [0.15, 0.2) is 4.32 Å². The number of nitro benzene ring substituents is 1. The lowest BCUT2D eigenvalue weighted by Gasteiger charge is -2.16. The lowest BCUT2D eigenvalue weighted by Crippen LogP contribution is -2.27. The van der Waals surface area contributed by atoms with Crippen molar-refractivity contribution in [2.24, 2.45) is 0 Å². The van der Waals surface area contributed by atoms with E-state index in [4.69, 9.17) is 51.4 Å². The third-order valence-corrected chi connectivity index (χ3v) is 6.44. The molecule has 1 saturated heterocycles. The molecule has 6 nitrogen and oxygen atoms in total. The van der Waals surface area contributed by atoms with Crippen molar-refractivity contribution in [3.05, 3.63) is 84.4 Å². The van der Waals surface area contributed by atoms with Gasteiger partial charge >= 0.3 is 0 Å². The Morgan fingerprint density at radius 2 is 1.84 bits per heavy atom. The Labute approximate surface area is 200 Å². The normalized spacial score (nSPS) is 15.2. The molecule has 0 radical (unpaired) electrons. The van der Waals surface area contributed by atoms with Crippen molar-refractivity contribution >= 4 is 86.5 Å². The molecule has 11 heteroatoms. The SMILES string of the molecule is O=C1/C(=C/c2ccc(-c3cc([N+](=O)[O-])ccc3Cl)o2)SC(=S)N1c1ccc(Cl)cc1Cl. The number of benzene rings is 2. The predicted octanol–water partition coefficient (Wildman–Crippen LogP) is 7.22. The number of nitro groups is 1. The second kappa shape index (κ2) is 8.64. The van der Waals surface area contributed by atoms with Crippen molar-refractivity contribution < 1.29 is 14.1 Å². The van der Waals surface area contributed by atoms with Gasteiger partial charge in [0.25, 0.3) is 11.6 Å². The van der Waals surface area contributed by atoms with Crippen LogP contribution in [0.15, 0.2) is 57.9 Å². The number of halogens is 3. The number of rotatable bonds is 4. The van der Waals surface area contributed by atoms with Gasteiger partial charge in [-0.2, -0.15) is 0 Å². The molecule has 1 aliphatic heterocycles. The zero-order chi connectivity index (χ0) is 22.3. The van der Waals surface area contributed by atoms with Crippen LogP contribution in [-0.2, 0) is 4.79 Å². The fraction of sp³-hybridized carbons (Fsp3) is 0. The van der Waals surface area contributed by atoms with E-state index >= 15 is 0 Å². The van der Waals surface area contributed by atoms with Crippen LogP contribution in [0, 0.1) is 10.1 Å². The summed E-state index contributed by atoms with van der Waals surface area (Å²) in [5, 5.41) is 12.1. The fourth-order valence-electron chi connectivity index (χ4n) is 2.86. The molecule has 1 fully saturated rings. The number of thioether (sulfide) groups is 1. The number of hydrogen-bond acceptors (Lipinski definition) is 6. The summed E-state index contributed by atoms with van der Waals surface area (Å²) in [6, 6.07) is 12.1. The number of carbonyl (C=O) groups excluding carboxylic acids is 1. The summed E-state index contributed by atoms with van der Waals surface area (Å²) >= 11 is 24.8. The molecule has 0 atom stereocenters. The molecule has 0 unspecified atom stereocenters. The molecule has 0 spiro atoms. The van der Waals surface area contributed by atoms with Gasteiger partial charge in [-0.05, 0) is 36.4 Å². The van der Waals surface area contributed by atoms with Gasteiger partial charge in [-0.1, -0.05) is 58.8 Å². The highest BCUT2D eigenvalue weighted by molar-refractivity contribution is 8.27. The molecule has 0 bridgehead atoms. The summed E-state index contributed by atoms with van der Waals surface area (Å²) in [4.78, 5) is 25.1. The number of carbonyl (C=O) groups is 1. The van der Waals surface area contributed by atoms with E-state index in [1.54, 1.807) is 24.3 Å². The van der Waals surface area contributed by atoms with Crippen LogP contribution in [0.1, 0.15) is 5.76 Å². The number of non-ortho nitro benzene ring substituents is 1. The summed E-state index contributed by atoms with van der Waals surface area (Å²) in [6.07, 6.45) is 1.54. The van der Waals surface area contributed by atoms with Gasteiger partial charge in [0, 0.05) is 28.8 Å². The number of anilines is 1. The predicted molar refractivity (Wildman–Crippen MR) is 128 cm³/mol. The third-order valence-electron chi connectivity index (χ3n) is 4.27. The van der Waals surface area contributed by atoms with E-state index in [0.29, 0.717) is 47.1 Å². The minimum Gasteiger partial charge on any atom is -0.457 e. The van der Waals surface area contributed by atoms with Crippen LogP contribution >= 0.6 is 58.8 Å². The van der Waals surface area contributed by atoms with Gasteiger partial charge in [0.2, 0.25) is 0 Å². The monoisotopic (exact) mass is 510 g/mol. The smallest absolute Gasteiger partial charge is 0.270 e. The minimum absolute atomic E-state index is 0.113. The Kier molecular flexibility index (Phi) is 6.09. The Hall–Kier alpha value is -2.36. The largest absolute Gasteiger partial charge is 0.457 e. The zero-order valence-corrected chi connectivity index (χ0v) is 19.1. The first-order valence-corrected chi connectivity index (χ1v) is 10.9. The molecule has 0 saturated carbocycles. The molecular formula is C20H9Cl3N2O4S2.